The Kier molecular flexibility index (Phi) is 71.6. The van der Waals surface area contributed by atoms with E-state index in [2.05, 4.69) is 186 Å². The molecule has 0 heterocycles. The van der Waals surface area contributed by atoms with Crippen molar-refractivity contribution in [3.05, 3.63) is 170 Å². The van der Waals surface area contributed by atoms with Crippen molar-refractivity contribution < 1.29 is 80.2 Å². The van der Waals surface area contributed by atoms with Gasteiger partial charge in [0.1, 0.15) is 19.3 Å². The van der Waals surface area contributed by atoms with Gasteiger partial charge >= 0.3 is 39.5 Å². The molecule has 17 nitrogen and oxygen atoms in total. The summed E-state index contributed by atoms with van der Waals surface area (Å²) in [5.74, 6) is -2.31. The third-order valence-corrected chi connectivity index (χ3v) is 17.6. The van der Waals surface area contributed by atoms with Gasteiger partial charge in [-0.15, -0.1) is 0 Å². The van der Waals surface area contributed by atoms with Crippen molar-refractivity contribution >= 4 is 39.5 Å². The van der Waals surface area contributed by atoms with Gasteiger partial charge in [-0.2, -0.15) is 0 Å². The fraction of sp³-hybridized carbons (Fsp3) is 0.624. The smallest absolute Gasteiger partial charge is 0.462 e. The zero-order chi connectivity index (χ0) is 76.0. The van der Waals surface area contributed by atoms with Crippen molar-refractivity contribution in [3.63, 3.8) is 0 Å². The van der Waals surface area contributed by atoms with E-state index in [4.69, 9.17) is 37.0 Å². The van der Waals surface area contributed by atoms with Gasteiger partial charge in [-0.05, 0) is 161 Å². The summed E-state index contributed by atoms with van der Waals surface area (Å²) >= 11 is 0. The first-order valence-corrected chi connectivity index (χ1v) is 42.4. The van der Waals surface area contributed by atoms with Crippen LogP contribution in [0.25, 0.3) is 0 Å². The minimum absolute atomic E-state index is 0.0561. The Hall–Kier alpha value is -5.58. The van der Waals surface area contributed by atoms with Crippen LogP contribution in [0.3, 0.4) is 0 Å². The molecule has 19 heteroatoms. The van der Waals surface area contributed by atoms with Gasteiger partial charge in [-0.3, -0.25) is 37.3 Å². The van der Waals surface area contributed by atoms with E-state index in [1.807, 2.05) is 12.2 Å². The van der Waals surface area contributed by atoms with Crippen LogP contribution in [0.5, 0.6) is 0 Å². The maximum atomic E-state index is 13.1. The standard InChI is InChI=1S/C85H138O17P2/c1-5-9-13-17-21-25-29-32-35-38-39-42-44-47-51-54-58-62-66-70-83(88)96-76-81(102-85(90)72-68-64-60-56-52-48-45-41-37-34-31-27-23-19-15-11-7-3)78-100-104(93,94)98-74-79(86)73-97-103(91,92)99-77-80(101-84(89)71-67-63-59-55-49-28-24-20-16-12-8-4)75-95-82(87)69-65-61-57-53-50-46-43-40-36-33-30-26-22-18-14-10-6-2/h9-11,13-15,20-27,32-37,39,42-43,45-46,48,53,57,79-81,86H,5-8,12,16-19,28-31,38,40-41,44,47,49-52,54-56,58-78H2,1-4H3,(H,91,92)(H,93,94)/b13-9-,14-10-,15-11-,24-20-,25-21-,26-22-,27-23-,35-32-,36-33-,37-34-,42-39-,46-43-,48-45-,57-53-. The van der Waals surface area contributed by atoms with E-state index >= 15 is 0 Å². The van der Waals surface area contributed by atoms with Crippen LogP contribution in [0.15, 0.2) is 170 Å². The van der Waals surface area contributed by atoms with E-state index in [1.54, 1.807) is 0 Å². The number of hydrogen-bond acceptors (Lipinski definition) is 15. The number of unbranched alkanes of at least 4 members (excludes halogenated alkanes) is 18. The number of hydrogen-bond donors (Lipinski definition) is 3. The normalized spacial score (nSPS) is 14.8. The highest BCUT2D eigenvalue weighted by molar-refractivity contribution is 7.47. The largest absolute Gasteiger partial charge is 0.472 e. The topological polar surface area (TPSA) is 237 Å². The molecule has 3 N–H and O–H groups in total. The highest BCUT2D eigenvalue weighted by atomic mass is 31.2. The predicted octanol–water partition coefficient (Wildman–Crippen LogP) is 23.0. The quantitative estimate of drug-likeness (QED) is 0.0169. The Bertz CT molecular complexity index is 2640. The van der Waals surface area contributed by atoms with Crippen LogP contribution in [0.4, 0.5) is 0 Å². The molecule has 0 aromatic heterocycles. The third-order valence-electron chi connectivity index (χ3n) is 15.7. The SMILES string of the molecule is CC/C=C\C/C=C\C/C=C\C/C=C\C/C=C\CCCC(=O)OCC(COP(=O)(O)OCC(O)COP(=O)(O)OCC(COC(=O)CCCCCCCC/C=C\C/C=C\C/C=C\C/C=C\CC)OC(=O)CCCCCC/C=C\C/C=C\C/C=C\C/C=C\CC)OC(=O)CCCCCCC/C=C\CCCC. The summed E-state index contributed by atoms with van der Waals surface area (Å²) in [4.78, 5) is 72.9. The minimum atomic E-state index is -5.00. The number of aliphatic hydroxyl groups is 1. The number of ether oxygens (including phenoxy) is 4. The van der Waals surface area contributed by atoms with E-state index < -0.39 is 97.5 Å². The molecule has 5 unspecified atom stereocenters. The average Bonchev–Trinajstić information content (AvgIpc) is 0.906. The number of phosphoric ester groups is 2. The van der Waals surface area contributed by atoms with Crippen LogP contribution >= 0.6 is 15.6 Å². The van der Waals surface area contributed by atoms with Gasteiger partial charge in [-0.1, -0.05) is 268 Å². The summed E-state index contributed by atoms with van der Waals surface area (Å²) in [6, 6.07) is 0. The van der Waals surface area contributed by atoms with Gasteiger partial charge in [0.2, 0.25) is 0 Å². The highest BCUT2D eigenvalue weighted by Gasteiger charge is 2.30. The Morgan fingerprint density at radius 3 is 0.817 bits per heavy atom. The molecule has 0 saturated carbocycles. The number of esters is 4. The zero-order valence-electron chi connectivity index (χ0n) is 64.4. The maximum absolute atomic E-state index is 13.1. The van der Waals surface area contributed by atoms with E-state index in [9.17, 15) is 43.2 Å². The van der Waals surface area contributed by atoms with Crippen molar-refractivity contribution in [1.82, 2.24) is 0 Å². The van der Waals surface area contributed by atoms with Crippen LogP contribution in [0.1, 0.15) is 285 Å². The predicted molar refractivity (Wildman–Crippen MR) is 426 cm³/mol. The van der Waals surface area contributed by atoms with Crippen LogP contribution in [-0.2, 0) is 65.4 Å². The molecule has 104 heavy (non-hydrogen) atoms. The molecule has 0 radical (unpaired) electrons. The number of carbonyl (C=O) groups excluding carboxylic acids is 4. The summed E-state index contributed by atoms with van der Waals surface area (Å²) in [7, 11) is -10.00. The Morgan fingerprint density at radius 2 is 0.510 bits per heavy atom. The average molecular weight is 1490 g/mol. The molecule has 590 valence electrons. The number of rotatable bonds is 72. The first-order chi connectivity index (χ1) is 50.7. The van der Waals surface area contributed by atoms with Gasteiger partial charge in [0.25, 0.3) is 0 Å². The molecule has 0 spiro atoms. The Morgan fingerprint density at radius 1 is 0.279 bits per heavy atom. The van der Waals surface area contributed by atoms with Gasteiger partial charge in [0.15, 0.2) is 12.2 Å². The van der Waals surface area contributed by atoms with Crippen molar-refractivity contribution in [3.8, 4) is 0 Å². The molecule has 0 aliphatic heterocycles. The van der Waals surface area contributed by atoms with E-state index in [-0.39, 0.29) is 25.7 Å². The first kappa shape index (κ1) is 98.4. The van der Waals surface area contributed by atoms with Gasteiger partial charge < -0.3 is 33.8 Å². The summed E-state index contributed by atoms with van der Waals surface area (Å²) in [6.07, 6.45) is 89.2. The summed E-state index contributed by atoms with van der Waals surface area (Å²) in [5, 5.41) is 10.6. The molecule has 0 rings (SSSR count). The van der Waals surface area contributed by atoms with Gasteiger partial charge in [0, 0.05) is 25.7 Å². The highest BCUT2D eigenvalue weighted by Crippen LogP contribution is 2.45. The number of phosphoric acid groups is 2. The Balaban J connectivity index is 5.43. The maximum Gasteiger partial charge on any atom is 0.472 e. The second kappa shape index (κ2) is 75.6. The van der Waals surface area contributed by atoms with Crippen LogP contribution < -0.4 is 0 Å². The van der Waals surface area contributed by atoms with Crippen molar-refractivity contribution in [2.45, 2.75) is 303 Å². The summed E-state index contributed by atoms with van der Waals surface area (Å²) < 4.78 is 68.5. The third kappa shape index (κ3) is 74.7. The molecule has 0 fully saturated rings. The van der Waals surface area contributed by atoms with Crippen molar-refractivity contribution in [2.24, 2.45) is 0 Å². The molecule has 0 aromatic rings. The molecule has 0 amide bonds. The monoisotopic (exact) mass is 1490 g/mol. The second-order valence-electron chi connectivity index (χ2n) is 25.5. The summed E-state index contributed by atoms with van der Waals surface area (Å²) in [5.41, 5.74) is 0. The number of carbonyl (C=O) groups is 4. The fourth-order valence-corrected chi connectivity index (χ4v) is 11.3. The molecule has 0 aromatic carbocycles. The van der Waals surface area contributed by atoms with E-state index in [0.717, 1.165) is 186 Å². The van der Waals surface area contributed by atoms with E-state index in [0.29, 0.717) is 32.1 Å². The zero-order valence-corrected chi connectivity index (χ0v) is 66.2. The van der Waals surface area contributed by atoms with Crippen LogP contribution in [0.2, 0.25) is 0 Å². The first-order valence-electron chi connectivity index (χ1n) is 39.4. The molecule has 5 atom stereocenters. The Labute approximate surface area is 629 Å². The van der Waals surface area contributed by atoms with Crippen molar-refractivity contribution in [1.29, 1.82) is 0 Å². The molecule has 0 aliphatic carbocycles. The molecular formula is C85H138O17P2. The van der Waals surface area contributed by atoms with Crippen LogP contribution in [0, 0.1) is 0 Å². The second-order valence-corrected chi connectivity index (χ2v) is 28.4. The molecule has 0 aliphatic rings. The minimum Gasteiger partial charge on any atom is -0.462 e. The van der Waals surface area contributed by atoms with Gasteiger partial charge in [0.05, 0.1) is 26.4 Å². The number of aliphatic hydroxyl groups excluding tert-OH is 1. The molecule has 0 bridgehead atoms. The summed E-state index contributed by atoms with van der Waals surface area (Å²) in [6.45, 7) is 4.36. The van der Waals surface area contributed by atoms with Gasteiger partial charge in [-0.25, -0.2) is 9.13 Å². The van der Waals surface area contributed by atoms with Crippen molar-refractivity contribution in [2.75, 3.05) is 39.6 Å². The number of allylic oxidation sites excluding steroid dienone is 28. The lowest BCUT2D eigenvalue weighted by Gasteiger charge is -2.21. The molecule has 0 saturated heterocycles. The van der Waals surface area contributed by atoms with Crippen LogP contribution in [-0.4, -0.2) is 96.7 Å². The lowest BCUT2D eigenvalue weighted by molar-refractivity contribution is -0.161. The lowest BCUT2D eigenvalue weighted by atomic mass is 10.1. The molecular weight excluding hydrogens is 1350 g/mol. The lowest BCUT2D eigenvalue weighted by Crippen LogP contribution is -2.30. The fourth-order valence-electron chi connectivity index (χ4n) is 9.75. The van der Waals surface area contributed by atoms with E-state index in [1.165, 1.54) is 12.8 Å².